The lowest BCUT2D eigenvalue weighted by Crippen LogP contribution is -2.08. The lowest BCUT2D eigenvalue weighted by molar-refractivity contribution is -0.141. The Morgan fingerprint density at radius 3 is 2.75 bits per heavy atom. The third-order valence-electron chi connectivity index (χ3n) is 2.99. The van der Waals surface area contributed by atoms with Crippen molar-refractivity contribution in [2.75, 3.05) is 6.61 Å². The second-order valence-electron chi connectivity index (χ2n) is 4.01. The van der Waals surface area contributed by atoms with Crippen molar-refractivity contribution in [3.8, 4) is 0 Å². The highest BCUT2D eigenvalue weighted by atomic mass is 16.5. The molecule has 2 rings (SSSR count). The fraction of sp³-hybridized carbons (Fsp3) is 0.700. The molecule has 2 nitrogen and oxygen atoms in total. The first-order chi connectivity index (χ1) is 5.68. The second kappa shape index (κ2) is 2.61. The first kappa shape index (κ1) is 7.84. The van der Waals surface area contributed by atoms with E-state index in [4.69, 9.17) is 4.74 Å². The Morgan fingerprint density at radius 1 is 1.42 bits per heavy atom. The Hall–Kier alpha value is -0.790. The zero-order valence-corrected chi connectivity index (χ0v) is 7.59. The molecule has 2 aliphatic rings. The van der Waals surface area contributed by atoms with Crippen LogP contribution in [0.1, 0.15) is 26.7 Å². The largest absolute Gasteiger partial charge is 0.465 e. The second-order valence-corrected chi connectivity index (χ2v) is 4.01. The molecular weight excluding hydrogens is 152 g/mol. The number of fused-ring (bicyclic) bond motifs is 1. The summed E-state index contributed by atoms with van der Waals surface area (Å²) in [6.07, 6.45) is 2.03. The van der Waals surface area contributed by atoms with E-state index in [1.807, 2.05) is 0 Å². The molecule has 0 bridgehead atoms. The number of allylic oxidation sites excluding steroid dienone is 2. The summed E-state index contributed by atoms with van der Waals surface area (Å²) in [6.45, 7) is 4.91. The Morgan fingerprint density at radius 2 is 2.17 bits per heavy atom. The molecule has 0 aromatic carbocycles. The number of esters is 1. The molecule has 2 unspecified atom stereocenters. The molecule has 66 valence electrons. The quantitative estimate of drug-likeness (QED) is 0.406. The van der Waals surface area contributed by atoms with Gasteiger partial charge in [-0.3, -0.25) is 4.79 Å². The topological polar surface area (TPSA) is 26.3 Å². The summed E-state index contributed by atoms with van der Waals surface area (Å²) < 4.78 is 4.99. The lowest BCUT2D eigenvalue weighted by Gasteiger charge is -2.01. The van der Waals surface area contributed by atoms with Gasteiger partial charge in [0.2, 0.25) is 0 Å². The van der Waals surface area contributed by atoms with Crippen LogP contribution in [0.25, 0.3) is 0 Å². The molecule has 0 aromatic heterocycles. The van der Waals surface area contributed by atoms with Crippen LogP contribution in [0, 0.1) is 11.8 Å². The van der Waals surface area contributed by atoms with Crippen molar-refractivity contribution in [3.63, 3.8) is 0 Å². The molecule has 0 aromatic rings. The Balaban J connectivity index is 2.18. The van der Waals surface area contributed by atoms with E-state index in [1.54, 1.807) is 0 Å². The molecule has 2 atom stereocenters. The van der Waals surface area contributed by atoms with Crippen LogP contribution in [0.3, 0.4) is 0 Å². The highest BCUT2D eigenvalue weighted by Crippen LogP contribution is 2.41. The molecule has 1 saturated carbocycles. The Bertz CT molecular complexity index is 249. The van der Waals surface area contributed by atoms with E-state index in [-0.39, 0.29) is 11.9 Å². The van der Waals surface area contributed by atoms with Gasteiger partial charge in [-0.15, -0.1) is 0 Å². The van der Waals surface area contributed by atoms with Gasteiger partial charge in [-0.1, -0.05) is 11.1 Å². The molecule has 2 fully saturated rings. The summed E-state index contributed by atoms with van der Waals surface area (Å²) in [4.78, 5) is 11.2. The van der Waals surface area contributed by atoms with Crippen molar-refractivity contribution in [2.45, 2.75) is 26.7 Å². The van der Waals surface area contributed by atoms with E-state index in [1.165, 1.54) is 11.1 Å². The lowest BCUT2D eigenvalue weighted by atomic mass is 10.0. The van der Waals surface area contributed by atoms with Gasteiger partial charge in [0.1, 0.15) is 0 Å². The third-order valence-corrected chi connectivity index (χ3v) is 2.99. The highest BCUT2D eigenvalue weighted by molar-refractivity contribution is 5.76. The molecule has 1 aliphatic heterocycles. The van der Waals surface area contributed by atoms with Crippen LogP contribution in [-0.2, 0) is 9.53 Å². The SMILES string of the molecule is CC(C)=C1CC2COC(=O)C2C1. The first-order valence-corrected chi connectivity index (χ1v) is 4.50. The molecule has 1 heterocycles. The van der Waals surface area contributed by atoms with Gasteiger partial charge in [-0.05, 0) is 26.7 Å². The van der Waals surface area contributed by atoms with Crippen LogP contribution in [-0.4, -0.2) is 12.6 Å². The highest BCUT2D eigenvalue weighted by Gasteiger charge is 2.42. The van der Waals surface area contributed by atoms with Gasteiger partial charge in [-0.25, -0.2) is 0 Å². The number of hydrogen-bond acceptors (Lipinski definition) is 2. The van der Waals surface area contributed by atoms with E-state index in [9.17, 15) is 4.79 Å². The predicted molar refractivity (Wildman–Crippen MR) is 45.5 cm³/mol. The average Bonchev–Trinajstić information content (AvgIpc) is 2.53. The molecule has 0 spiro atoms. The monoisotopic (exact) mass is 166 g/mol. The maximum atomic E-state index is 11.2. The number of cyclic esters (lactones) is 1. The van der Waals surface area contributed by atoms with Crippen molar-refractivity contribution in [3.05, 3.63) is 11.1 Å². The van der Waals surface area contributed by atoms with E-state index < -0.39 is 0 Å². The van der Waals surface area contributed by atoms with Crippen molar-refractivity contribution in [1.82, 2.24) is 0 Å². The van der Waals surface area contributed by atoms with Gasteiger partial charge < -0.3 is 4.74 Å². The normalized spacial score (nSPS) is 33.5. The Labute approximate surface area is 72.6 Å². The minimum Gasteiger partial charge on any atom is -0.465 e. The summed E-state index contributed by atoms with van der Waals surface area (Å²) in [5, 5.41) is 0. The maximum absolute atomic E-state index is 11.2. The molecule has 0 amide bonds. The van der Waals surface area contributed by atoms with Crippen LogP contribution in [0.15, 0.2) is 11.1 Å². The minimum atomic E-state index is 0.0243. The standard InChI is InChI=1S/C10H14O2/c1-6(2)7-3-8-5-12-10(11)9(8)4-7/h8-9H,3-5H2,1-2H3. The van der Waals surface area contributed by atoms with Crippen LogP contribution in [0.2, 0.25) is 0 Å². The number of rotatable bonds is 0. The van der Waals surface area contributed by atoms with E-state index in [0.29, 0.717) is 12.5 Å². The van der Waals surface area contributed by atoms with Gasteiger partial charge in [0.05, 0.1) is 12.5 Å². The molecular formula is C10H14O2. The van der Waals surface area contributed by atoms with Gasteiger partial charge in [-0.2, -0.15) is 0 Å². The van der Waals surface area contributed by atoms with Crippen LogP contribution < -0.4 is 0 Å². The number of carbonyl (C=O) groups is 1. The summed E-state index contributed by atoms with van der Waals surface area (Å²) in [6, 6.07) is 0. The van der Waals surface area contributed by atoms with Crippen molar-refractivity contribution in [1.29, 1.82) is 0 Å². The van der Waals surface area contributed by atoms with Crippen LogP contribution in [0.5, 0.6) is 0 Å². The summed E-state index contributed by atoms with van der Waals surface area (Å²) in [5.41, 5.74) is 2.86. The van der Waals surface area contributed by atoms with E-state index in [2.05, 4.69) is 13.8 Å². The molecule has 2 heteroatoms. The van der Waals surface area contributed by atoms with Gasteiger partial charge in [0.15, 0.2) is 0 Å². The summed E-state index contributed by atoms with van der Waals surface area (Å²) >= 11 is 0. The first-order valence-electron chi connectivity index (χ1n) is 4.50. The smallest absolute Gasteiger partial charge is 0.309 e. The molecule has 0 N–H and O–H groups in total. The maximum Gasteiger partial charge on any atom is 0.309 e. The fourth-order valence-electron chi connectivity index (χ4n) is 2.13. The van der Waals surface area contributed by atoms with E-state index >= 15 is 0 Å². The summed E-state index contributed by atoms with van der Waals surface area (Å²) in [7, 11) is 0. The van der Waals surface area contributed by atoms with E-state index in [0.717, 1.165) is 12.8 Å². The molecule has 1 aliphatic carbocycles. The molecule has 1 saturated heterocycles. The molecule has 12 heavy (non-hydrogen) atoms. The number of carbonyl (C=O) groups excluding carboxylic acids is 1. The van der Waals surface area contributed by atoms with Crippen LogP contribution >= 0.6 is 0 Å². The van der Waals surface area contributed by atoms with Crippen molar-refractivity contribution in [2.24, 2.45) is 11.8 Å². The van der Waals surface area contributed by atoms with Crippen molar-refractivity contribution < 1.29 is 9.53 Å². The van der Waals surface area contributed by atoms with Gasteiger partial charge in [0, 0.05) is 5.92 Å². The number of hydrogen-bond donors (Lipinski definition) is 0. The van der Waals surface area contributed by atoms with Gasteiger partial charge >= 0.3 is 5.97 Å². The zero-order chi connectivity index (χ0) is 8.72. The Kier molecular flexibility index (Phi) is 1.71. The van der Waals surface area contributed by atoms with Gasteiger partial charge in [0.25, 0.3) is 0 Å². The molecule has 0 radical (unpaired) electrons. The van der Waals surface area contributed by atoms with Crippen molar-refractivity contribution >= 4 is 5.97 Å². The summed E-state index contributed by atoms with van der Waals surface area (Å²) in [5.74, 6) is 0.702. The number of ether oxygens (including phenoxy) is 1. The average molecular weight is 166 g/mol. The fourth-order valence-corrected chi connectivity index (χ4v) is 2.13. The predicted octanol–water partition coefficient (Wildman–Crippen LogP) is 1.91. The third kappa shape index (κ3) is 1.06. The minimum absolute atomic E-state index is 0.0243. The van der Waals surface area contributed by atoms with Crippen LogP contribution in [0.4, 0.5) is 0 Å². The zero-order valence-electron chi connectivity index (χ0n) is 7.59.